The van der Waals surface area contributed by atoms with Gasteiger partial charge < -0.3 is 0 Å². The highest BCUT2D eigenvalue weighted by atomic mass is 35.5. The number of benzene rings is 1. The molecule has 2 heteroatoms. The fourth-order valence-electron chi connectivity index (χ4n) is 1.25. The number of Topliss-reactive ketones (excluding diaryl/α,β-unsaturated/α-hetero) is 1. The Hall–Kier alpha value is -1.08. The van der Waals surface area contributed by atoms with Gasteiger partial charge in [0.2, 0.25) is 0 Å². The van der Waals surface area contributed by atoms with Crippen molar-refractivity contribution < 1.29 is 4.79 Å². The lowest BCUT2D eigenvalue weighted by atomic mass is 10.0. The summed E-state index contributed by atoms with van der Waals surface area (Å²) in [6.45, 7) is 5.56. The van der Waals surface area contributed by atoms with Crippen LogP contribution in [0, 0.1) is 0 Å². The van der Waals surface area contributed by atoms with E-state index in [1.165, 1.54) is 0 Å². The minimum Gasteiger partial charge on any atom is -0.299 e. The molecule has 0 saturated heterocycles. The normalized spacial score (nSPS) is 9.86. The molecule has 0 spiro atoms. The number of halogens is 1. The topological polar surface area (TPSA) is 17.1 Å². The number of ketones is 1. The number of carbonyl (C=O) groups excluding carboxylic acids is 1. The maximum absolute atomic E-state index is 11.5. The first-order valence-electron chi connectivity index (χ1n) is 4.49. The summed E-state index contributed by atoms with van der Waals surface area (Å²) in [6, 6.07) is 7.41. The lowest BCUT2D eigenvalue weighted by Gasteiger charge is -2.02. The van der Waals surface area contributed by atoms with Crippen LogP contribution in [0.2, 0.25) is 5.02 Å². The van der Waals surface area contributed by atoms with Gasteiger partial charge in [-0.1, -0.05) is 42.0 Å². The van der Waals surface area contributed by atoms with E-state index in [2.05, 4.69) is 6.58 Å². The van der Waals surface area contributed by atoms with E-state index in [0.29, 0.717) is 17.9 Å². The first kappa shape index (κ1) is 11.0. The molecule has 0 aliphatic rings. The molecule has 0 bridgehead atoms. The molecule has 74 valence electrons. The third-order valence-corrected chi connectivity index (χ3v) is 2.21. The van der Waals surface area contributed by atoms with Gasteiger partial charge in [0.1, 0.15) is 5.78 Å². The zero-order valence-corrected chi connectivity index (χ0v) is 8.97. The molecule has 0 unspecified atom stereocenters. The van der Waals surface area contributed by atoms with Crippen molar-refractivity contribution in [3.05, 3.63) is 47.0 Å². The molecule has 0 aliphatic carbocycles. The predicted molar refractivity (Wildman–Crippen MR) is 59.6 cm³/mol. The Kier molecular flexibility index (Phi) is 3.90. The smallest absolute Gasteiger partial charge is 0.141 e. The molecule has 1 nitrogen and oxygen atoms in total. The second kappa shape index (κ2) is 4.97. The van der Waals surface area contributed by atoms with Crippen molar-refractivity contribution in [2.24, 2.45) is 0 Å². The minimum absolute atomic E-state index is 0.158. The van der Waals surface area contributed by atoms with Crippen molar-refractivity contribution in [2.75, 3.05) is 0 Å². The Morgan fingerprint density at radius 1 is 1.43 bits per heavy atom. The number of hydrogen-bond acceptors (Lipinski definition) is 1. The number of rotatable bonds is 4. The molecule has 0 heterocycles. The molecule has 0 aliphatic heterocycles. The molecular weight excluding hydrogens is 196 g/mol. The van der Waals surface area contributed by atoms with E-state index in [0.717, 1.165) is 11.1 Å². The van der Waals surface area contributed by atoms with E-state index < -0.39 is 0 Å². The van der Waals surface area contributed by atoms with Crippen LogP contribution in [-0.4, -0.2) is 5.78 Å². The van der Waals surface area contributed by atoms with Gasteiger partial charge in [-0.3, -0.25) is 4.79 Å². The summed E-state index contributed by atoms with van der Waals surface area (Å²) in [5.41, 5.74) is 1.78. The van der Waals surface area contributed by atoms with Gasteiger partial charge in [-0.2, -0.15) is 0 Å². The molecule has 0 fully saturated rings. The predicted octanol–water partition coefficient (Wildman–Crippen LogP) is 3.42. The molecule has 0 N–H and O–H groups in total. The van der Waals surface area contributed by atoms with Gasteiger partial charge >= 0.3 is 0 Å². The van der Waals surface area contributed by atoms with Crippen molar-refractivity contribution in [3.63, 3.8) is 0 Å². The van der Waals surface area contributed by atoms with Crippen LogP contribution < -0.4 is 0 Å². The fraction of sp³-hybridized carbons (Fsp3) is 0.250. The summed E-state index contributed by atoms with van der Waals surface area (Å²) >= 11 is 5.93. The molecule has 1 rings (SSSR count). The first-order chi connectivity index (χ1) is 6.59. The second-order valence-electron chi connectivity index (χ2n) is 3.44. The van der Waals surface area contributed by atoms with E-state index in [1.807, 2.05) is 25.1 Å². The molecule has 0 radical (unpaired) electrons. The monoisotopic (exact) mass is 208 g/mol. The van der Waals surface area contributed by atoms with Crippen molar-refractivity contribution in [1.82, 2.24) is 0 Å². The molecular formula is C12H13ClO. The summed E-state index contributed by atoms with van der Waals surface area (Å²) in [4.78, 5) is 11.5. The minimum atomic E-state index is 0.158. The third kappa shape index (κ3) is 3.35. The molecule has 0 atom stereocenters. The van der Waals surface area contributed by atoms with Gasteiger partial charge in [0.15, 0.2) is 0 Å². The molecule has 14 heavy (non-hydrogen) atoms. The Bertz CT molecular complexity index is 355. The van der Waals surface area contributed by atoms with Gasteiger partial charge in [0, 0.05) is 17.9 Å². The lowest BCUT2D eigenvalue weighted by molar-refractivity contribution is -0.117. The van der Waals surface area contributed by atoms with Gasteiger partial charge in [-0.25, -0.2) is 0 Å². The third-order valence-electron chi connectivity index (χ3n) is 1.84. The summed E-state index contributed by atoms with van der Waals surface area (Å²) < 4.78 is 0. The maximum atomic E-state index is 11.5. The molecule has 0 aromatic heterocycles. The van der Waals surface area contributed by atoms with E-state index in [1.54, 1.807) is 6.07 Å². The molecule has 0 amide bonds. The number of carbonyl (C=O) groups is 1. The van der Waals surface area contributed by atoms with Crippen LogP contribution in [0.15, 0.2) is 36.4 Å². The van der Waals surface area contributed by atoms with Crippen LogP contribution in [0.1, 0.15) is 18.9 Å². The average molecular weight is 209 g/mol. The van der Waals surface area contributed by atoms with Gasteiger partial charge in [0.05, 0.1) is 0 Å². The summed E-state index contributed by atoms with van der Waals surface area (Å²) in [5.74, 6) is 0.158. The molecule has 0 saturated carbocycles. The Labute approximate surface area is 89.4 Å². The highest BCUT2D eigenvalue weighted by Crippen LogP contribution is 2.16. The standard InChI is InChI=1S/C12H13ClO/c1-9(2)7-11(14)8-10-5-3-4-6-12(10)13/h3-6H,1,7-8H2,2H3. The Morgan fingerprint density at radius 2 is 2.07 bits per heavy atom. The highest BCUT2D eigenvalue weighted by Gasteiger charge is 2.06. The van der Waals surface area contributed by atoms with Crippen molar-refractivity contribution in [3.8, 4) is 0 Å². The quantitative estimate of drug-likeness (QED) is 0.693. The van der Waals surface area contributed by atoms with Crippen LogP contribution >= 0.6 is 11.6 Å². The molecule has 1 aromatic carbocycles. The zero-order chi connectivity index (χ0) is 10.6. The van der Waals surface area contributed by atoms with Crippen molar-refractivity contribution in [2.45, 2.75) is 19.8 Å². The molecule has 1 aromatic rings. The summed E-state index contributed by atoms with van der Waals surface area (Å²) in [5, 5.41) is 0.655. The number of hydrogen-bond donors (Lipinski definition) is 0. The summed E-state index contributed by atoms with van der Waals surface area (Å²) in [6.07, 6.45) is 0.831. The lowest BCUT2D eigenvalue weighted by Crippen LogP contribution is -2.03. The van der Waals surface area contributed by atoms with Crippen molar-refractivity contribution >= 4 is 17.4 Å². The Morgan fingerprint density at radius 3 is 2.64 bits per heavy atom. The maximum Gasteiger partial charge on any atom is 0.141 e. The largest absolute Gasteiger partial charge is 0.299 e. The van der Waals surface area contributed by atoms with Crippen molar-refractivity contribution in [1.29, 1.82) is 0 Å². The van der Waals surface area contributed by atoms with E-state index in [-0.39, 0.29) is 5.78 Å². The second-order valence-corrected chi connectivity index (χ2v) is 3.85. The van der Waals surface area contributed by atoms with Gasteiger partial charge in [0.25, 0.3) is 0 Å². The van der Waals surface area contributed by atoms with Crippen LogP contribution in [0.4, 0.5) is 0 Å². The van der Waals surface area contributed by atoms with Gasteiger partial charge in [-0.05, 0) is 18.6 Å². The Balaban J connectivity index is 2.65. The van der Waals surface area contributed by atoms with Crippen LogP contribution in [0.25, 0.3) is 0 Å². The zero-order valence-electron chi connectivity index (χ0n) is 8.22. The summed E-state index contributed by atoms with van der Waals surface area (Å²) in [7, 11) is 0. The van der Waals surface area contributed by atoms with E-state index >= 15 is 0 Å². The fourth-order valence-corrected chi connectivity index (χ4v) is 1.46. The number of allylic oxidation sites excluding steroid dienone is 1. The van der Waals surface area contributed by atoms with Crippen LogP contribution in [0.3, 0.4) is 0 Å². The van der Waals surface area contributed by atoms with Crippen LogP contribution in [0.5, 0.6) is 0 Å². The van der Waals surface area contributed by atoms with Gasteiger partial charge in [-0.15, -0.1) is 0 Å². The van der Waals surface area contributed by atoms with E-state index in [9.17, 15) is 4.79 Å². The first-order valence-corrected chi connectivity index (χ1v) is 4.87. The van der Waals surface area contributed by atoms with E-state index in [4.69, 9.17) is 11.6 Å². The highest BCUT2D eigenvalue weighted by molar-refractivity contribution is 6.31. The van der Waals surface area contributed by atoms with Crippen LogP contribution in [-0.2, 0) is 11.2 Å². The average Bonchev–Trinajstić information content (AvgIpc) is 2.07. The SMILES string of the molecule is C=C(C)CC(=O)Cc1ccccc1Cl.